The topological polar surface area (TPSA) is 77.4 Å². The minimum Gasteiger partial charge on any atom is -0.388 e. The Labute approximate surface area is 172 Å². The van der Waals surface area contributed by atoms with Gasteiger partial charge in [0.15, 0.2) is 12.6 Å². The van der Waals surface area contributed by atoms with Gasteiger partial charge in [0.2, 0.25) is 0 Å². The Morgan fingerprint density at radius 1 is 0.679 bits per heavy atom. The van der Waals surface area contributed by atoms with Gasteiger partial charge in [0, 0.05) is 21.2 Å². The second-order valence-electron chi connectivity index (χ2n) is 6.71. The molecular formula is C20H20Cl2O6. The number of aliphatic hydroxyl groups is 2. The predicted octanol–water partition coefficient (Wildman–Crippen LogP) is 3.24. The van der Waals surface area contributed by atoms with Gasteiger partial charge in [-0.15, -0.1) is 0 Å². The zero-order valence-corrected chi connectivity index (χ0v) is 16.3. The maximum Gasteiger partial charge on any atom is 0.185 e. The van der Waals surface area contributed by atoms with Crippen LogP contribution >= 0.6 is 23.2 Å². The Bertz CT molecular complexity index is 751. The Morgan fingerprint density at radius 2 is 1.07 bits per heavy atom. The fourth-order valence-corrected chi connectivity index (χ4v) is 3.81. The summed E-state index contributed by atoms with van der Waals surface area (Å²) in [6.45, 7) is 0.0372. The van der Waals surface area contributed by atoms with Crippen LogP contribution in [0.4, 0.5) is 0 Å². The van der Waals surface area contributed by atoms with Crippen molar-refractivity contribution in [3.05, 3.63) is 69.7 Å². The van der Waals surface area contributed by atoms with Gasteiger partial charge in [0.1, 0.15) is 24.4 Å². The number of ether oxygens (including phenoxy) is 4. The highest BCUT2D eigenvalue weighted by Crippen LogP contribution is 2.37. The number of benzene rings is 2. The molecule has 4 rings (SSSR count). The first kappa shape index (κ1) is 20.1. The highest BCUT2D eigenvalue weighted by molar-refractivity contribution is 6.31. The number of halogens is 2. The number of aliphatic hydroxyl groups excluding tert-OH is 2. The second-order valence-corrected chi connectivity index (χ2v) is 7.52. The zero-order valence-electron chi connectivity index (χ0n) is 14.8. The molecule has 28 heavy (non-hydrogen) atoms. The van der Waals surface area contributed by atoms with Crippen LogP contribution in [-0.2, 0) is 18.9 Å². The molecule has 2 saturated heterocycles. The average Bonchev–Trinajstić information content (AvgIpc) is 2.70. The van der Waals surface area contributed by atoms with Gasteiger partial charge in [-0.2, -0.15) is 0 Å². The van der Waals surface area contributed by atoms with Crippen LogP contribution < -0.4 is 0 Å². The largest absolute Gasteiger partial charge is 0.388 e. The molecule has 2 aromatic rings. The van der Waals surface area contributed by atoms with Gasteiger partial charge in [0.25, 0.3) is 0 Å². The Morgan fingerprint density at radius 3 is 1.46 bits per heavy atom. The molecule has 2 aliphatic rings. The van der Waals surface area contributed by atoms with Crippen LogP contribution in [0.2, 0.25) is 10.0 Å². The molecule has 2 unspecified atom stereocenters. The molecule has 2 aromatic carbocycles. The summed E-state index contributed by atoms with van der Waals surface area (Å²) in [5, 5.41) is 21.9. The highest BCUT2D eigenvalue weighted by Gasteiger charge is 2.45. The number of hydrogen-bond acceptors (Lipinski definition) is 6. The minimum absolute atomic E-state index is 0.0186. The van der Waals surface area contributed by atoms with Crippen LogP contribution in [0, 0.1) is 0 Å². The van der Waals surface area contributed by atoms with Crippen molar-refractivity contribution in [1.82, 2.24) is 0 Å². The lowest BCUT2D eigenvalue weighted by molar-refractivity contribution is -0.331. The molecule has 0 saturated carbocycles. The van der Waals surface area contributed by atoms with Crippen LogP contribution in [0.3, 0.4) is 0 Å². The van der Waals surface area contributed by atoms with Gasteiger partial charge >= 0.3 is 0 Å². The fraction of sp³-hybridized carbons (Fsp3) is 0.400. The van der Waals surface area contributed by atoms with E-state index in [0.717, 1.165) is 0 Å². The van der Waals surface area contributed by atoms with Crippen molar-refractivity contribution in [3.63, 3.8) is 0 Å². The van der Waals surface area contributed by atoms with E-state index in [-0.39, 0.29) is 13.2 Å². The van der Waals surface area contributed by atoms with E-state index >= 15 is 0 Å². The van der Waals surface area contributed by atoms with Crippen molar-refractivity contribution in [3.8, 4) is 0 Å². The summed E-state index contributed by atoms with van der Waals surface area (Å²) in [5.74, 6) is 0. The maximum atomic E-state index is 10.4. The summed E-state index contributed by atoms with van der Waals surface area (Å²) in [5.41, 5.74) is 1.29. The monoisotopic (exact) mass is 426 g/mol. The Balaban J connectivity index is 1.55. The van der Waals surface area contributed by atoms with Gasteiger partial charge in [-0.25, -0.2) is 0 Å². The molecule has 150 valence electrons. The van der Waals surface area contributed by atoms with Crippen LogP contribution in [0.5, 0.6) is 0 Å². The second kappa shape index (κ2) is 8.65. The summed E-state index contributed by atoms with van der Waals surface area (Å²) in [4.78, 5) is 0. The molecule has 0 amide bonds. The third-order valence-corrected chi connectivity index (χ3v) is 5.49. The Hall–Kier alpha value is -1.22. The van der Waals surface area contributed by atoms with Gasteiger partial charge in [0.05, 0.1) is 13.2 Å². The normalized spacial score (nSPS) is 33.6. The quantitative estimate of drug-likeness (QED) is 0.784. The van der Waals surface area contributed by atoms with Gasteiger partial charge < -0.3 is 29.2 Å². The predicted molar refractivity (Wildman–Crippen MR) is 102 cm³/mol. The first-order chi connectivity index (χ1) is 13.5. The summed E-state index contributed by atoms with van der Waals surface area (Å²) in [7, 11) is 0. The molecule has 0 aromatic heterocycles. The molecule has 6 nitrogen and oxygen atoms in total. The molecule has 0 spiro atoms. The van der Waals surface area contributed by atoms with Gasteiger partial charge in [-0.05, 0) is 12.1 Å². The van der Waals surface area contributed by atoms with Crippen molar-refractivity contribution in [1.29, 1.82) is 0 Å². The van der Waals surface area contributed by atoms with Crippen LogP contribution in [0.25, 0.3) is 0 Å². The van der Waals surface area contributed by atoms with E-state index in [1.165, 1.54) is 0 Å². The lowest BCUT2D eigenvalue weighted by Gasteiger charge is -2.43. The standard InChI is InChI=1S/C20H20Cl2O6/c21-13-7-3-1-5-11(13)19-25-9-15(23)17(27-19)18-16(24)10-26-20(28-18)12-6-2-4-8-14(12)22/h1-8,15-20,23-24H,9-10H2/t15-,16+,17-,18-,19?,20?/m0/s1. The molecule has 8 heteroatoms. The van der Waals surface area contributed by atoms with E-state index in [2.05, 4.69) is 0 Å². The first-order valence-electron chi connectivity index (χ1n) is 8.93. The van der Waals surface area contributed by atoms with Crippen LogP contribution in [0.1, 0.15) is 23.7 Å². The van der Waals surface area contributed by atoms with E-state index in [9.17, 15) is 10.2 Å². The van der Waals surface area contributed by atoms with E-state index in [1.54, 1.807) is 36.4 Å². The molecule has 0 radical (unpaired) electrons. The van der Waals surface area contributed by atoms with Crippen molar-refractivity contribution in [2.75, 3.05) is 13.2 Å². The lowest BCUT2D eigenvalue weighted by Crippen LogP contribution is -2.56. The molecule has 2 N–H and O–H groups in total. The molecule has 2 fully saturated rings. The Kier molecular flexibility index (Phi) is 6.20. The van der Waals surface area contributed by atoms with Crippen molar-refractivity contribution in [2.45, 2.75) is 37.0 Å². The molecular weight excluding hydrogens is 407 g/mol. The third-order valence-electron chi connectivity index (χ3n) is 4.80. The van der Waals surface area contributed by atoms with E-state index in [1.807, 2.05) is 12.1 Å². The molecule has 6 atom stereocenters. The maximum absolute atomic E-state index is 10.4. The highest BCUT2D eigenvalue weighted by atomic mass is 35.5. The SMILES string of the molecule is O[C@@H]1COC(c2ccccc2Cl)O[C@@H]1[C@H]1OC(c2ccccc2Cl)OC[C@@H]1O. The molecule has 2 heterocycles. The van der Waals surface area contributed by atoms with Gasteiger partial charge in [-0.3, -0.25) is 0 Å². The summed E-state index contributed by atoms with van der Waals surface area (Å²) in [6.07, 6.45) is -5.19. The molecule has 0 bridgehead atoms. The third kappa shape index (κ3) is 4.06. The fourth-order valence-electron chi connectivity index (χ4n) is 3.36. The minimum atomic E-state index is -0.983. The lowest BCUT2D eigenvalue weighted by atomic mass is 10.0. The van der Waals surface area contributed by atoms with Gasteiger partial charge in [-0.1, -0.05) is 59.6 Å². The van der Waals surface area contributed by atoms with Crippen molar-refractivity contribution in [2.24, 2.45) is 0 Å². The van der Waals surface area contributed by atoms with Crippen LogP contribution in [0.15, 0.2) is 48.5 Å². The molecule has 2 aliphatic heterocycles. The van der Waals surface area contributed by atoms with E-state index in [4.69, 9.17) is 42.1 Å². The first-order valence-corrected chi connectivity index (χ1v) is 9.69. The van der Waals surface area contributed by atoms with E-state index < -0.39 is 37.0 Å². The molecule has 0 aliphatic carbocycles. The number of rotatable bonds is 3. The summed E-state index contributed by atoms with van der Waals surface area (Å²) >= 11 is 12.5. The van der Waals surface area contributed by atoms with Crippen molar-refractivity contribution >= 4 is 23.2 Å². The summed E-state index contributed by atoms with van der Waals surface area (Å²) in [6, 6.07) is 14.3. The van der Waals surface area contributed by atoms with Crippen LogP contribution in [-0.4, -0.2) is 47.8 Å². The average molecular weight is 427 g/mol. The number of hydrogen-bond donors (Lipinski definition) is 2. The zero-order chi connectivity index (χ0) is 19.7. The van der Waals surface area contributed by atoms with E-state index in [0.29, 0.717) is 21.2 Å². The summed E-state index contributed by atoms with van der Waals surface area (Å²) < 4.78 is 23.1. The van der Waals surface area contributed by atoms with Crippen molar-refractivity contribution < 1.29 is 29.2 Å². The smallest absolute Gasteiger partial charge is 0.185 e.